The molecule has 2 aromatic heterocycles. The van der Waals surface area contributed by atoms with Gasteiger partial charge in [0, 0.05) is 24.8 Å². The quantitative estimate of drug-likeness (QED) is 0.748. The molecule has 0 aliphatic heterocycles. The number of nitrogens with zero attached hydrogens (tertiary/aromatic N) is 3. The Labute approximate surface area is 79.8 Å². The lowest BCUT2D eigenvalue weighted by Gasteiger charge is -1.95. The fourth-order valence-electron chi connectivity index (χ4n) is 0.879. The van der Waals surface area contributed by atoms with E-state index in [1.165, 1.54) is 0 Å². The molecule has 0 atom stereocenters. The third kappa shape index (κ3) is 2.29. The van der Waals surface area contributed by atoms with Crippen LogP contribution < -0.4 is 0 Å². The zero-order valence-corrected chi connectivity index (χ0v) is 7.66. The molecule has 1 N–H and O–H groups in total. The summed E-state index contributed by atoms with van der Waals surface area (Å²) in [6.45, 7) is 0. The van der Waals surface area contributed by atoms with Crippen molar-refractivity contribution < 1.29 is 0 Å². The van der Waals surface area contributed by atoms with Crippen molar-refractivity contribution in [2.24, 2.45) is 0 Å². The molecular formula is C8H8N4S. The second-order valence-corrected chi connectivity index (χ2v) is 3.36. The summed E-state index contributed by atoms with van der Waals surface area (Å²) in [4.78, 5) is 15.2. The maximum absolute atomic E-state index is 4.14. The fraction of sp³-hybridized carbons (Fsp3) is 0.125. The van der Waals surface area contributed by atoms with Gasteiger partial charge in [0.15, 0.2) is 0 Å². The van der Waals surface area contributed by atoms with E-state index in [-0.39, 0.29) is 0 Å². The van der Waals surface area contributed by atoms with Crippen molar-refractivity contribution in [1.29, 1.82) is 0 Å². The zero-order valence-electron chi connectivity index (χ0n) is 6.84. The molecule has 13 heavy (non-hydrogen) atoms. The topological polar surface area (TPSA) is 54.5 Å². The third-order valence-corrected chi connectivity index (χ3v) is 2.38. The molecule has 0 aliphatic carbocycles. The number of rotatable bonds is 3. The largest absolute Gasteiger partial charge is 0.348 e. The number of hydrogen-bond donors (Lipinski definition) is 1. The number of aromatic amines is 1. The van der Waals surface area contributed by atoms with Gasteiger partial charge in [-0.1, -0.05) is 11.8 Å². The number of hydrogen-bond acceptors (Lipinski definition) is 4. The molecule has 2 rings (SSSR count). The third-order valence-electron chi connectivity index (χ3n) is 1.45. The minimum Gasteiger partial charge on any atom is -0.348 e. The molecule has 66 valence electrons. The molecule has 0 unspecified atom stereocenters. The van der Waals surface area contributed by atoms with Crippen molar-refractivity contribution in [3.63, 3.8) is 0 Å². The minimum absolute atomic E-state index is 0.797. The lowest BCUT2D eigenvalue weighted by molar-refractivity contribution is 1.04. The predicted octanol–water partition coefficient (Wildman–Crippen LogP) is 1.49. The fourth-order valence-corrected chi connectivity index (χ4v) is 1.59. The summed E-state index contributed by atoms with van der Waals surface area (Å²) in [5.74, 6) is 1.75. The summed E-state index contributed by atoms with van der Waals surface area (Å²) in [5, 5.41) is 0.916. The molecule has 0 bridgehead atoms. The van der Waals surface area contributed by atoms with Crippen LogP contribution in [-0.4, -0.2) is 19.9 Å². The molecular weight excluding hydrogens is 184 g/mol. The molecule has 0 saturated heterocycles. The van der Waals surface area contributed by atoms with Gasteiger partial charge in [-0.15, -0.1) is 0 Å². The highest BCUT2D eigenvalue weighted by Crippen LogP contribution is 2.16. The first-order valence-corrected chi connectivity index (χ1v) is 4.81. The van der Waals surface area contributed by atoms with E-state index in [0.717, 1.165) is 16.6 Å². The van der Waals surface area contributed by atoms with Crippen LogP contribution in [0.4, 0.5) is 0 Å². The van der Waals surface area contributed by atoms with Crippen molar-refractivity contribution in [3.8, 4) is 0 Å². The van der Waals surface area contributed by atoms with Crippen LogP contribution in [0.1, 0.15) is 5.82 Å². The normalized spacial score (nSPS) is 10.2. The minimum atomic E-state index is 0.797. The van der Waals surface area contributed by atoms with Gasteiger partial charge in [0.1, 0.15) is 10.9 Å². The van der Waals surface area contributed by atoms with Gasteiger partial charge in [0.05, 0.1) is 11.9 Å². The first-order chi connectivity index (χ1) is 6.45. The highest BCUT2D eigenvalue weighted by molar-refractivity contribution is 7.98. The predicted molar refractivity (Wildman–Crippen MR) is 50.2 cm³/mol. The Morgan fingerprint density at radius 1 is 1.23 bits per heavy atom. The van der Waals surface area contributed by atoms with E-state index in [9.17, 15) is 0 Å². The van der Waals surface area contributed by atoms with Gasteiger partial charge in [-0.2, -0.15) is 0 Å². The first-order valence-electron chi connectivity index (χ1n) is 3.82. The molecule has 0 aliphatic rings. The van der Waals surface area contributed by atoms with Crippen molar-refractivity contribution in [3.05, 3.63) is 36.8 Å². The average molecular weight is 192 g/mol. The van der Waals surface area contributed by atoms with Crippen LogP contribution in [0.5, 0.6) is 0 Å². The molecule has 0 fully saturated rings. The van der Waals surface area contributed by atoms with Crippen LogP contribution in [0.25, 0.3) is 0 Å². The smallest absolute Gasteiger partial charge is 0.116 e. The highest BCUT2D eigenvalue weighted by Gasteiger charge is 1.97. The summed E-state index contributed by atoms with van der Waals surface area (Å²) < 4.78 is 0. The standard InChI is InChI=1S/C8H8N4S/c1-2-12-8(5-9-1)13-6-7-10-3-4-11-7/h1-5H,6H2,(H,10,11). The Balaban J connectivity index is 1.94. The number of aromatic nitrogens is 4. The summed E-state index contributed by atoms with van der Waals surface area (Å²) in [5.41, 5.74) is 0. The van der Waals surface area contributed by atoms with Crippen molar-refractivity contribution in [2.75, 3.05) is 0 Å². The molecule has 0 saturated carbocycles. The van der Waals surface area contributed by atoms with Crippen LogP contribution in [0.2, 0.25) is 0 Å². The second-order valence-electron chi connectivity index (χ2n) is 2.37. The number of imidazole rings is 1. The van der Waals surface area contributed by atoms with Crippen molar-refractivity contribution in [1.82, 2.24) is 19.9 Å². The Hall–Kier alpha value is -1.36. The lowest BCUT2D eigenvalue weighted by Crippen LogP contribution is -1.85. The Kier molecular flexibility index (Phi) is 2.56. The molecule has 0 spiro atoms. The Morgan fingerprint density at radius 3 is 2.92 bits per heavy atom. The van der Waals surface area contributed by atoms with E-state index in [1.807, 2.05) is 6.20 Å². The highest BCUT2D eigenvalue weighted by atomic mass is 32.2. The summed E-state index contributed by atoms with van der Waals surface area (Å²) in [7, 11) is 0. The van der Waals surface area contributed by atoms with E-state index in [0.29, 0.717) is 0 Å². The van der Waals surface area contributed by atoms with E-state index in [1.54, 1.807) is 36.5 Å². The van der Waals surface area contributed by atoms with Crippen LogP contribution >= 0.6 is 11.8 Å². The van der Waals surface area contributed by atoms with Gasteiger partial charge < -0.3 is 4.98 Å². The zero-order chi connectivity index (χ0) is 8.93. The molecule has 5 heteroatoms. The Morgan fingerprint density at radius 2 is 2.23 bits per heavy atom. The number of thioether (sulfide) groups is 1. The average Bonchev–Trinajstić information content (AvgIpc) is 2.69. The van der Waals surface area contributed by atoms with Gasteiger partial charge in [-0.3, -0.25) is 4.98 Å². The van der Waals surface area contributed by atoms with Crippen LogP contribution in [-0.2, 0) is 5.75 Å². The van der Waals surface area contributed by atoms with Crippen LogP contribution in [0, 0.1) is 0 Å². The van der Waals surface area contributed by atoms with E-state index < -0.39 is 0 Å². The monoisotopic (exact) mass is 192 g/mol. The van der Waals surface area contributed by atoms with Crippen LogP contribution in [0.15, 0.2) is 36.0 Å². The summed E-state index contributed by atoms with van der Waals surface area (Å²) >= 11 is 1.61. The number of nitrogens with one attached hydrogen (secondary N) is 1. The summed E-state index contributed by atoms with van der Waals surface area (Å²) in [6, 6.07) is 0. The van der Waals surface area contributed by atoms with Gasteiger partial charge in [0.2, 0.25) is 0 Å². The van der Waals surface area contributed by atoms with Crippen LogP contribution in [0.3, 0.4) is 0 Å². The van der Waals surface area contributed by atoms with E-state index >= 15 is 0 Å². The van der Waals surface area contributed by atoms with Gasteiger partial charge >= 0.3 is 0 Å². The molecule has 0 aromatic carbocycles. The van der Waals surface area contributed by atoms with Gasteiger partial charge in [-0.05, 0) is 0 Å². The van der Waals surface area contributed by atoms with Gasteiger partial charge in [0.25, 0.3) is 0 Å². The summed E-state index contributed by atoms with van der Waals surface area (Å²) in [6.07, 6.45) is 8.65. The lowest BCUT2D eigenvalue weighted by atomic mass is 10.7. The van der Waals surface area contributed by atoms with E-state index in [4.69, 9.17) is 0 Å². The molecule has 2 heterocycles. The number of H-pyrrole nitrogens is 1. The SMILES string of the molecule is c1cnc(SCc2ncc[nH]2)cn1. The maximum Gasteiger partial charge on any atom is 0.116 e. The van der Waals surface area contributed by atoms with Crippen molar-refractivity contribution in [2.45, 2.75) is 10.8 Å². The second kappa shape index (κ2) is 4.04. The van der Waals surface area contributed by atoms with Gasteiger partial charge in [-0.25, -0.2) is 9.97 Å². The Bertz CT molecular complexity index is 346. The molecule has 2 aromatic rings. The maximum atomic E-state index is 4.14. The van der Waals surface area contributed by atoms with Crippen molar-refractivity contribution >= 4 is 11.8 Å². The molecule has 4 nitrogen and oxygen atoms in total. The first kappa shape index (κ1) is 8.25. The molecule has 0 radical (unpaired) electrons. The molecule has 0 amide bonds. The van der Waals surface area contributed by atoms with E-state index in [2.05, 4.69) is 19.9 Å².